The first kappa shape index (κ1) is 25.9. The number of benzene rings is 1. The van der Waals surface area contributed by atoms with E-state index in [1.165, 1.54) is 12.1 Å². The Kier molecular flexibility index (Phi) is 8.12. The van der Waals surface area contributed by atoms with Crippen molar-refractivity contribution >= 4 is 79.0 Å². The van der Waals surface area contributed by atoms with Crippen molar-refractivity contribution in [2.45, 2.75) is 31.0 Å². The number of guanidine groups is 1. The van der Waals surface area contributed by atoms with Crippen LogP contribution < -0.4 is 31.5 Å². The molecule has 3 aliphatic heterocycles. The second-order valence-corrected chi connectivity index (χ2v) is 7.92. The maximum Gasteiger partial charge on any atom is 2.00 e. The van der Waals surface area contributed by atoms with Gasteiger partial charge in [0, 0.05) is 29.8 Å². The molecule has 0 aliphatic carbocycles. The fourth-order valence-corrected chi connectivity index (χ4v) is 4.09. The van der Waals surface area contributed by atoms with Crippen molar-refractivity contribution in [2.75, 3.05) is 24.7 Å². The number of aliphatic imine (C=N–C) groups is 2. The van der Waals surface area contributed by atoms with Gasteiger partial charge in [0.25, 0.3) is 11.8 Å². The summed E-state index contributed by atoms with van der Waals surface area (Å²) < 4.78 is 0. The summed E-state index contributed by atoms with van der Waals surface area (Å²) in [6, 6.07) is 4.43. The standard InChI is InChI=1S/C20H23N7O6.Ca/c21-20-24-16-15(18(31)25-20)27-9-26(8-12(27)7-22-16)11-3-1-10(2-4-11)17(30)23-13(19(32)33)5-6-14(28)29;/h1-4,12-13,15H,5-9H2,(H,23,30)(H,28,29)(H,32,33)(H3,21,22,24,25,31);/q;+2/p-2/t12-,13-,15?;/m0./s1. The second kappa shape index (κ2) is 10.7. The zero-order valence-corrected chi connectivity index (χ0v) is 20.3. The molecule has 13 nitrogen and oxygen atoms in total. The van der Waals surface area contributed by atoms with E-state index in [0.717, 1.165) is 5.69 Å². The number of nitrogens with one attached hydrogen (secondary N) is 2. The summed E-state index contributed by atoms with van der Waals surface area (Å²) in [6.07, 6.45) is -0.860. The fourth-order valence-electron chi connectivity index (χ4n) is 4.09. The molecule has 3 heterocycles. The van der Waals surface area contributed by atoms with E-state index >= 15 is 0 Å². The number of fused-ring (bicyclic) bond motifs is 3. The monoisotopic (exact) mass is 495 g/mol. The molecule has 4 rings (SSSR count). The Morgan fingerprint density at radius 3 is 2.59 bits per heavy atom. The molecule has 0 radical (unpaired) electrons. The van der Waals surface area contributed by atoms with Crippen LogP contribution in [0.3, 0.4) is 0 Å². The van der Waals surface area contributed by atoms with Crippen LogP contribution in [0.15, 0.2) is 34.3 Å². The molecular weight excluding hydrogens is 474 g/mol. The van der Waals surface area contributed by atoms with Crippen LogP contribution in [-0.4, -0.2) is 116 Å². The van der Waals surface area contributed by atoms with Crippen molar-refractivity contribution in [3.63, 3.8) is 0 Å². The van der Waals surface area contributed by atoms with Crippen molar-refractivity contribution in [1.82, 2.24) is 15.5 Å². The Balaban J connectivity index is 0.00000324. The zero-order chi connectivity index (χ0) is 23.7. The third kappa shape index (κ3) is 5.49. The molecule has 14 heteroatoms. The van der Waals surface area contributed by atoms with Crippen LogP contribution in [-0.2, 0) is 14.4 Å². The summed E-state index contributed by atoms with van der Waals surface area (Å²) in [5.74, 6) is -3.52. The summed E-state index contributed by atoms with van der Waals surface area (Å²) >= 11 is 0. The van der Waals surface area contributed by atoms with Gasteiger partial charge in [0.1, 0.15) is 0 Å². The quantitative estimate of drug-likeness (QED) is 0.312. The molecule has 1 aromatic rings. The first-order chi connectivity index (χ1) is 15.7. The number of anilines is 1. The van der Waals surface area contributed by atoms with Crippen LogP contribution in [0.4, 0.5) is 5.69 Å². The number of hydrogen-bond acceptors (Lipinski definition) is 11. The molecule has 2 amide bonds. The van der Waals surface area contributed by atoms with E-state index in [-0.39, 0.29) is 67.6 Å². The van der Waals surface area contributed by atoms with Crippen molar-refractivity contribution < 1.29 is 29.4 Å². The van der Waals surface area contributed by atoms with Crippen molar-refractivity contribution in [1.29, 1.82) is 0 Å². The molecule has 0 aromatic heterocycles. The van der Waals surface area contributed by atoms with E-state index in [1.54, 1.807) is 12.1 Å². The molecule has 0 bridgehead atoms. The van der Waals surface area contributed by atoms with Crippen molar-refractivity contribution in [2.24, 2.45) is 15.7 Å². The molecule has 3 atom stereocenters. The summed E-state index contributed by atoms with van der Waals surface area (Å²) in [5, 5.41) is 26.5. The minimum absolute atomic E-state index is 0. The predicted octanol–water partition coefficient (Wildman–Crippen LogP) is -4.64. The number of amidine groups is 1. The Hall–Kier alpha value is -2.74. The molecule has 3 aliphatic rings. The van der Waals surface area contributed by atoms with Crippen LogP contribution in [0, 0.1) is 0 Å². The maximum atomic E-state index is 12.4. The molecule has 0 saturated carbocycles. The van der Waals surface area contributed by atoms with Gasteiger partial charge in [-0.25, -0.2) is 0 Å². The van der Waals surface area contributed by atoms with E-state index in [1.807, 2.05) is 9.80 Å². The summed E-state index contributed by atoms with van der Waals surface area (Å²) in [6.45, 7) is 1.53. The number of amides is 2. The molecule has 1 aromatic carbocycles. The first-order valence-electron chi connectivity index (χ1n) is 10.2. The number of carbonyl (C=O) groups excluding carboxylic acids is 4. The van der Waals surface area contributed by atoms with Crippen LogP contribution in [0.25, 0.3) is 0 Å². The van der Waals surface area contributed by atoms with Crippen LogP contribution >= 0.6 is 0 Å². The normalized spacial score (nSPS) is 22.2. The Labute approximate surface area is 224 Å². The summed E-state index contributed by atoms with van der Waals surface area (Å²) in [5.41, 5.74) is 6.62. The molecule has 34 heavy (non-hydrogen) atoms. The average Bonchev–Trinajstić information content (AvgIpc) is 3.20. The topological polar surface area (TPSA) is 196 Å². The number of nitrogens with two attached hydrogens (primary N) is 1. The Morgan fingerprint density at radius 2 is 1.94 bits per heavy atom. The van der Waals surface area contributed by atoms with Gasteiger partial charge in [-0.3, -0.25) is 24.8 Å². The SMILES string of the molecule is NC1=NC2=NC[C@H]3CN(c4ccc(C(=O)N[C@@H](CCC(=O)[O-])C(=O)[O-])cc4)CN3C2C(=O)N1.[Ca+2]. The number of aliphatic carboxylic acids is 2. The molecular formula is C20H21CaN7O6. The van der Waals surface area contributed by atoms with Gasteiger partial charge in [-0.05, 0) is 37.1 Å². The predicted molar refractivity (Wildman–Crippen MR) is 116 cm³/mol. The van der Waals surface area contributed by atoms with Gasteiger partial charge < -0.3 is 35.8 Å². The molecule has 0 spiro atoms. The molecule has 4 N–H and O–H groups in total. The first-order valence-corrected chi connectivity index (χ1v) is 10.2. The van der Waals surface area contributed by atoms with Gasteiger partial charge in [-0.1, -0.05) is 0 Å². The van der Waals surface area contributed by atoms with Gasteiger partial charge in [0.05, 0.1) is 25.2 Å². The van der Waals surface area contributed by atoms with E-state index < -0.39 is 36.4 Å². The summed E-state index contributed by atoms with van der Waals surface area (Å²) in [7, 11) is 0. The fraction of sp³-hybridized carbons (Fsp3) is 0.400. The molecule has 1 saturated heterocycles. The van der Waals surface area contributed by atoms with Crippen molar-refractivity contribution in [3.8, 4) is 0 Å². The smallest absolute Gasteiger partial charge is 0.550 e. The van der Waals surface area contributed by atoms with Gasteiger partial charge in [0.2, 0.25) is 5.96 Å². The second-order valence-electron chi connectivity index (χ2n) is 7.92. The van der Waals surface area contributed by atoms with E-state index in [4.69, 9.17) is 5.73 Å². The Bertz CT molecular complexity index is 1060. The largest absolute Gasteiger partial charge is 2.00 e. The van der Waals surface area contributed by atoms with Crippen LogP contribution in [0.2, 0.25) is 0 Å². The van der Waals surface area contributed by atoms with E-state index in [9.17, 15) is 29.4 Å². The van der Waals surface area contributed by atoms with Crippen LogP contribution in [0.1, 0.15) is 23.2 Å². The van der Waals surface area contributed by atoms with Crippen molar-refractivity contribution in [3.05, 3.63) is 29.8 Å². The summed E-state index contributed by atoms with van der Waals surface area (Å²) in [4.78, 5) is 59.1. The third-order valence-electron chi connectivity index (χ3n) is 5.73. The number of carbonyl (C=O) groups is 4. The molecule has 1 fully saturated rings. The minimum Gasteiger partial charge on any atom is -0.550 e. The third-order valence-corrected chi connectivity index (χ3v) is 5.73. The number of carboxylic acid groups (broad SMARTS) is 2. The number of hydrogen-bond donors (Lipinski definition) is 3. The molecule has 1 unspecified atom stereocenters. The average molecular weight is 496 g/mol. The number of rotatable bonds is 7. The van der Waals surface area contributed by atoms with Gasteiger partial charge in [-0.15, -0.1) is 0 Å². The zero-order valence-electron chi connectivity index (χ0n) is 18.1. The minimum atomic E-state index is -1.57. The van der Waals surface area contributed by atoms with Crippen LogP contribution in [0.5, 0.6) is 0 Å². The van der Waals surface area contributed by atoms with E-state index in [0.29, 0.717) is 25.6 Å². The van der Waals surface area contributed by atoms with E-state index in [2.05, 4.69) is 20.6 Å². The van der Waals surface area contributed by atoms with Gasteiger partial charge >= 0.3 is 37.7 Å². The maximum absolute atomic E-state index is 12.4. The molecule has 174 valence electrons. The Morgan fingerprint density at radius 1 is 1.24 bits per heavy atom. The van der Waals surface area contributed by atoms with Gasteiger partial charge in [-0.2, -0.15) is 4.99 Å². The number of carboxylic acids is 2. The van der Waals surface area contributed by atoms with Gasteiger partial charge in [0.15, 0.2) is 11.9 Å². The number of nitrogens with zero attached hydrogens (tertiary/aromatic N) is 4.